The average molecular weight is 321 g/mol. The summed E-state index contributed by atoms with van der Waals surface area (Å²) in [4.78, 5) is 5.62. The highest BCUT2D eigenvalue weighted by molar-refractivity contribution is 4.97. The zero-order valence-electron chi connectivity index (χ0n) is 15.4. The minimum atomic E-state index is 1.11. The van der Waals surface area contributed by atoms with Crippen molar-refractivity contribution < 1.29 is 4.48 Å². The molecule has 3 aliphatic heterocycles. The van der Waals surface area contributed by atoms with E-state index in [2.05, 4.69) is 16.7 Å². The Balaban J connectivity index is 1.46. The van der Waals surface area contributed by atoms with Crippen LogP contribution in [-0.2, 0) is 0 Å². The Labute approximate surface area is 143 Å². The molecule has 0 aromatic rings. The molecule has 1 saturated carbocycles. The van der Waals surface area contributed by atoms with E-state index in [9.17, 15) is 0 Å². The van der Waals surface area contributed by atoms with Crippen LogP contribution in [0.4, 0.5) is 0 Å². The third-order valence-electron chi connectivity index (χ3n) is 7.73. The number of hydrogen-bond donors (Lipinski definition) is 0. The second-order valence-corrected chi connectivity index (χ2v) is 8.98. The first-order chi connectivity index (χ1) is 11.3. The lowest BCUT2D eigenvalue weighted by molar-refractivity contribution is -0.940. The van der Waals surface area contributed by atoms with Gasteiger partial charge in [0.25, 0.3) is 0 Å². The molecule has 6 unspecified atom stereocenters. The highest BCUT2D eigenvalue weighted by atomic mass is 15.5. The molecule has 3 heterocycles. The monoisotopic (exact) mass is 320 g/mol. The molecule has 0 aromatic carbocycles. The summed E-state index contributed by atoms with van der Waals surface area (Å²) in [6.07, 6.45) is 10.4. The van der Waals surface area contributed by atoms with Gasteiger partial charge in [-0.05, 0) is 69.9 Å². The van der Waals surface area contributed by atoms with E-state index in [0.717, 1.165) is 17.8 Å². The van der Waals surface area contributed by atoms with Crippen molar-refractivity contribution in [1.82, 2.24) is 9.80 Å². The van der Waals surface area contributed by atoms with Gasteiger partial charge in [0.1, 0.15) is 6.67 Å². The molecule has 4 bridgehead atoms. The third kappa shape index (κ3) is 3.62. The second-order valence-electron chi connectivity index (χ2n) is 8.98. The molecule has 3 nitrogen and oxygen atoms in total. The lowest BCUT2D eigenvalue weighted by Gasteiger charge is -2.46. The largest absolute Gasteiger partial charge is 0.310 e. The van der Waals surface area contributed by atoms with Crippen LogP contribution in [0.1, 0.15) is 51.9 Å². The van der Waals surface area contributed by atoms with Crippen LogP contribution in [0.15, 0.2) is 0 Å². The number of fused-ring (bicyclic) bond motifs is 5. The van der Waals surface area contributed by atoms with Gasteiger partial charge in [-0.2, -0.15) is 0 Å². The quantitative estimate of drug-likeness (QED) is 0.685. The Morgan fingerprint density at radius 1 is 0.696 bits per heavy atom. The molecule has 0 amide bonds. The summed E-state index contributed by atoms with van der Waals surface area (Å²) in [7, 11) is 0. The summed E-state index contributed by atoms with van der Waals surface area (Å²) in [6.45, 7) is 14.8. The van der Waals surface area contributed by atoms with Crippen LogP contribution in [0.3, 0.4) is 0 Å². The fourth-order valence-corrected chi connectivity index (χ4v) is 6.07. The van der Waals surface area contributed by atoms with Crippen molar-refractivity contribution >= 4 is 0 Å². The van der Waals surface area contributed by atoms with Gasteiger partial charge in [-0.3, -0.25) is 9.80 Å². The van der Waals surface area contributed by atoms with Gasteiger partial charge in [0.2, 0.25) is 0 Å². The van der Waals surface area contributed by atoms with E-state index in [0.29, 0.717) is 0 Å². The van der Waals surface area contributed by atoms with E-state index >= 15 is 0 Å². The van der Waals surface area contributed by atoms with Crippen molar-refractivity contribution in [2.45, 2.75) is 51.9 Å². The molecular weight excluding hydrogens is 282 g/mol. The van der Waals surface area contributed by atoms with Crippen LogP contribution in [0.2, 0.25) is 0 Å². The molecule has 3 saturated heterocycles. The Morgan fingerprint density at radius 2 is 1.43 bits per heavy atom. The van der Waals surface area contributed by atoms with Gasteiger partial charge in [-0.25, -0.2) is 0 Å². The molecule has 4 fully saturated rings. The fourth-order valence-electron chi connectivity index (χ4n) is 6.07. The first-order valence-corrected chi connectivity index (χ1v) is 10.6. The van der Waals surface area contributed by atoms with Crippen molar-refractivity contribution in [2.75, 3.05) is 59.0 Å². The predicted octanol–water partition coefficient (Wildman–Crippen LogP) is 3.02. The Bertz CT molecular complexity index is 398. The van der Waals surface area contributed by atoms with E-state index in [-0.39, 0.29) is 0 Å². The smallest absolute Gasteiger partial charge is 0.135 e. The average Bonchev–Trinajstić information content (AvgIpc) is 3.20. The van der Waals surface area contributed by atoms with Crippen molar-refractivity contribution in [3.8, 4) is 0 Å². The number of likely N-dealkylation sites (N-methyl/N-ethyl adjacent to an activating group) is 1. The van der Waals surface area contributed by atoms with E-state index in [1.54, 1.807) is 0 Å². The summed E-state index contributed by atoms with van der Waals surface area (Å²) in [6, 6.07) is 0. The predicted molar refractivity (Wildman–Crippen MR) is 96.2 cm³/mol. The number of hydrogen-bond acceptors (Lipinski definition) is 2. The molecule has 4 aliphatic rings. The van der Waals surface area contributed by atoms with Gasteiger partial charge in [-0.15, -0.1) is 0 Å². The molecule has 23 heavy (non-hydrogen) atoms. The Morgan fingerprint density at radius 3 is 2.30 bits per heavy atom. The zero-order chi connectivity index (χ0) is 15.7. The van der Waals surface area contributed by atoms with Crippen molar-refractivity contribution in [1.29, 1.82) is 0 Å². The summed E-state index contributed by atoms with van der Waals surface area (Å²) in [5.74, 6) is 3.35. The van der Waals surface area contributed by atoms with Gasteiger partial charge < -0.3 is 4.48 Å². The van der Waals surface area contributed by atoms with Crippen molar-refractivity contribution in [2.24, 2.45) is 17.8 Å². The Kier molecular flexibility index (Phi) is 4.99. The van der Waals surface area contributed by atoms with E-state index in [1.807, 2.05) is 0 Å². The molecule has 0 aromatic heterocycles. The maximum absolute atomic E-state index is 2.83. The topological polar surface area (TPSA) is 6.48 Å². The summed E-state index contributed by atoms with van der Waals surface area (Å²) < 4.78 is 1.37. The van der Waals surface area contributed by atoms with Gasteiger partial charge in [0.15, 0.2) is 0 Å². The van der Waals surface area contributed by atoms with E-state index in [1.165, 1.54) is 108 Å². The van der Waals surface area contributed by atoms with Crippen LogP contribution in [0.5, 0.6) is 0 Å². The number of quaternary nitrogens is 1. The normalized spacial score (nSPS) is 48.1. The first-order valence-electron chi connectivity index (χ1n) is 10.6. The van der Waals surface area contributed by atoms with E-state index < -0.39 is 0 Å². The minimum absolute atomic E-state index is 1.11. The number of rotatable bonds is 1. The maximum atomic E-state index is 2.83. The molecule has 4 rings (SSSR count). The molecule has 6 atom stereocenters. The van der Waals surface area contributed by atoms with Crippen molar-refractivity contribution in [3.05, 3.63) is 0 Å². The van der Waals surface area contributed by atoms with Crippen LogP contribution >= 0.6 is 0 Å². The zero-order valence-corrected chi connectivity index (χ0v) is 15.4. The summed E-state index contributed by atoms with van der Waals surface area (Å²) >= 11 is 0. The molecular formula is C20H38N3+. The second kappa shape index (κ2) is 7.01. The standard InChI is InChI=1S/C20H38N3/c1-2-23-15-6-12-22(17-23)10-4-3-7-18-19-8-5-11-21(14-16-23)13-9-20(18)19/h18-20H,2-17H2,1H3/q+1. The molecule has 132 valence electrons. The molecule has 1 aliphatic carbocycles. The van der Waals surface area contributed by atoms with Gasteiger partial charge in [0, 0.05) is 26.1 Å². The Hall–Kier alpha value is -0.120. The lowest BCUT2D eigenvalue weighted by atomic mass is 10.1. The molecule has 0 N–H and O–H groups in total. The SMILES string of the molecule is CC[N+]12CCCN(CCCCC3C4CCCN(CCC34)CC1)C2. The number of nitrogens with zero attached hydrogens (tertiary/aromatic N) is 3. The van der Waals surface area contributed by atoms with Crippen LogP contribution in [-0.4, -0.2) is 73.3 Å². The molecule has 0 spiro atoms. The highest BCUT2D eigenvalue weighted by Gasteiger charge is 2.48. The highest BCUT2D eigenvalue weighted by Crippen LogP contribution is 2.54. The lowest BCUT2D eigenvalue weighted by Crippen LogP contribution is -2.61. The third-order valence-corrected chi connectivity index (χ3v) is 7.73. The first kappa shape index (κ1) is 16.4. The van der Waals surface area contributed by atoms with Gasteiger partial charge in [-0.1, -0.05) is 6.42 Å². The molecule has 3 heteroatoms. The van der Waals surface area contributed by atoms with Gasteiger partial charge >= 0.3 is 0 Å². The minimum Gasteiger partial charge on any atom is -0.310 e. The van der Waals surface area contributed by atoms with Crippen molar-refractivity contribution in [3.63, 3.8) is 0 Å². The maximum Gasteiger partial charge on any atom is 0.135 e. The van der Waals surface area contributed by atoms with Crippen LogP contribution in [0.25, 0.3) is 0 Å². The van der Waals surface area contributed by atoms with E-state index in [4.69, 9.17) is 0 Å². The summed E-state index contributed by atoms with van der Waals surface area (Å²) in [5.41, 5.74) is 0. The molecule has 0 radical (unpaired) electrons. The van der Waals surface area contributed by atoms with Crippen LogP contribution in [0, 0.1) is 17.8 Å². The fraction of sp³-hybridized carbons (Fsp3) is 1.00. The van der Waals surface area contributed by atoms with Crippen LogP contribution < -0.4 is 0 Å². The van der Waals surface area contributed by atoms with Gasteiger partial charge in [0.05, 0.1) is 19.6 Å². The summed E-state index contributed by atoms with van der Waals surface area (Å²) in [5, 5.41) is 0.